The lowest BCUT2D eigenvalue weighted by molar-refractivity contribution is -0.0464. The molecule has 1 fully saturated rings. The molecule has 0 radical (unpaired) electrons. The second kappa shape index (κ2) is 10.1. The van der Waals surface area contributed by atoms with E-state index < -0.39 is 5.41 Å². The first-order valence-corrected chi connectivity index (χ1v) is 12.0. The summed E-state index contributed by atoms with van der Waals surface area (Å²) in [7, 11) is 1.63. The van der Waals surface area contributed by atoms with Gasteiger partial charge in [0, 0.05) is 24.7 Å². The number of likely N-dealkylation sites (tertiary alicyclic amines) is 1. The molecule has 4 rings (SSSR count). The number of rotatable bonds is 9. The SMILES string of the molecule is COc1ccc(Cl)c(OC2CN(C(C)(C)CCC(C#N)(c3ccccc3)c3ccccc3)C2)c1. The van der Waals surface area contributed by atoms with Crippen LogP contribution in [0.2, 0.25) is 5.02 Å². The van der Waals surface area contributed by atoms with Crippen molar-refractivity contribution >= 4 is 11.6 Å². The molecule has 0 atom stereocenters. The molecule has 1 aliphatic heterocycles. The highest BCUT2D eigenvalue weighted by Crippen LogP contribution is 2.40. The summed E-state index contributed by atoms with van der Waals surface area (Å²) < 4.78 is 11.4. The first-order valence-electron chi connectivity index (χ1n) is 11.7. The van der Waals surface area contributed by atoms with Crippen molar-refractivity contribution in [3.63, 3.8) is 0 Å². The van der Waals surface area contributed by atoms with Crippen molar-refractivity contribution in [1.82, 2.24) is 4.90 Å². The number of nitrogens with zero attached hydrogens (tertiary/aromatic N) is 2. The van der Waals surface area contributed by atoms with E-state index in [-0.39, 0.29) is 11.6 Å². The van der Waals surface area contributed by atoms with Crippen LogP contribution in [0.15, 0.2) is 78.9 Å². The van der Waals surface area contributed by atoms with E-state index in [1.54, 1.807) is 13.2 Å². The monoisotopic (exact) mass is 474 g/mol. The number of halogens is 1. The zero-order chi connectivity index (χ0) is 24.2. The normalized spacial score (nSPS) is 14.8. The predicted molar refractivity (Wildman–Crippen MR) is 137 cm³/mol. The standard InChI is InChI=1S/C29H31ClN2O2/c1-28(2,32-19-25(20-32)34-27-18-24(33-3)14-15-26(27)30)16-17-29(21-31,22-10-6-4-7-11-22)23-12-8-5-9-13-23/h4-15,18,25H,16-17,19-20H2,1-3H3. The van der Waals surface area contributed by atoms with Crippen LogP contribution in [0.5, 0.6) is 11.5 Å². The minimum Gasteiger partial charge on any atom is -0.497 e. The van der Waals surface area contributed by atoms with E-state index in [9.17, 15) is 5.26 Å². The largest absolute Gasteiger partial charge is 0.497 e. The van der Waals surface area contributed by atoms with E-state index in [0.717, 1.165) is 42.8 Å². The maximum absolute atomic E-state index is 10.5. The molecule has 34 heavy (non-hydrogen) atoms. The van der Waals surface area contributed by atoms with Gasteiger partial charge in [-0.25, -0.2) is 0 Å². The summed E-state index contributed by atoms with van der Waals surface area (Å²) in [6.45, 7) is 6.13. The molecule has 0 amide bonds. The molecule has 3 aromatic rings. The number of hydrogen-bond acceptors (Lipinski definition) is 4. The van der Waals surface area contributed by atoms with Crippen molar-refractivity contribution in [3.8, 4) is 17.6 Å². The fraction of sp³-hybridized carbons (Fsp3) is 0.345. The van der Waals surface area contributed by atoms with Crippen LogP contribution < -0.4 is 9.47 Å². The van der Waals surface area contributed by atoms with Crippen LogP contribution in [0.1, 0.15) is 37.8 Å². The van der Waals surface area contributed by atoms with Crippen LogP contribution in [-0.2, 0) is 5.41 Å². The molecular weight excluding hydrogens is 444 g/mol. The van der Waals surface area contributed by atoms with Gasteiger partial charge in [-0.3, -0.25) is 4.90 Å². The molecule has 3 aromatic carbocycles. The third-order valence-corrected chi connectivity index (χ3v) is 7.28. The van der Waals surface area contributed by atoms with E-state index in [0.29, 0.717) is 10.8 Å². The predicted octanol–water partition coefficient (Wildman–Crippen LogP) is 6.48. The summed E-state index contributed by atoms with van der Waals surface area (Å²) in [6.07, 6.45) is 1.68. The first kappa shape index (κ1) is 24.1. The number of benzene rings is 3. The maximum Gasteiger partial charge on any atom is 0.142 e. The zero-order valence-electron chi connectivity index (χ0n) is 20.0. The summed E-state index contributed by atoms with van der Waals surface area (Å²) >= 11 is 6.31. The van der Waals surface area contributed by atoms with Crippen LogP contribution in [-0.4, -0.2) is 36.7 Å². The highest BCUT2D eigenvalue weighted by Gasteiger charge is 2.42. The third-order valence-electron chi connectivity index (χ3n) is 6.97. The van der Waals surface area contributed by atoms with Crippen molar-refractivity contribution in [2.75, 3.05) is 20.2 Å². The Kier molecular flexibility index (Phi) is 7.16. The quantitative estimate of drug-likeness (QED) is 0.356. The van der Waals surface area contributed by atoms with Gasteiger partial charge in [-0.15, -0.1) is 0 Å². The zero-order valence-corrected chi connectivity index (χ0v) is 20.8. The van der Waals surface area contributed by atoms with Gasteiger partial charge in [-0.05, 0) is 49.9 Å². The molecule has 0 bridgehead atoms. The lowest BCUT2D eigenvalue weighted by Crippen LogP contribution is -2.62. The average Bonchev–Trinajstić information content (AvgIpc) is 2.84. The summed E-state index contributed by atoms with van der Waals surface area (Å²) in [6, 6.07) is 28.4. The molecule has 0 aliphatic carbocycles. The molecular formula is C29H31ClN2O2. The van der Waals surface area contributed by atoms with E-state index in [1.165, 1.54) is 0 Å². The van der Waals surface area contributed by atoms with Crippen LogP contribution in [0.3, 0.4) is 0 Å². The Balaban J connectivity index is 1.45. The van der Waals surface area contributed by atoms with Gasteiger partial charge in [0.2, 0.25) is 0 Å². The van der Waals surface area contributed by atoms with E-state index in [4.69, 9.17) is 21.1 Å². The van der Waals surface area contributed by atoms with Crippen molar-refractivity contribution < 1.29 is 9.47 Å². The highest BCUT2D eigenvalue weighted by molar-refractivity contribution is 6.32. The Labute approximate surface area is 207 Å². The Morgan fingerprint density at radius 1 is 0.941 bits per heavy atom. The second-order valence-corrected chi connectivity index (χ2v) is 9.91. The summed E-state index contributed by atoms with van der Waals surface area (Å²) in [5, 5.41) is 11.0. The molecule has 1 saturated heterocycles. The molecule has 0 aromatic heterocycles. The molecule has 1 aliphatic rings. The minimum absolute atomic E-state index is 0.0767. The number of hydrogen-bond donors (Lipinski definition) is 0. The fourth-order valence-electron chi connectivity index (χ4n) is 4.62. The van der Waals surface area contributed by atoms with Crippen molar-refractivity contribution in [3.05, 3.63) is 95.0 Å². The maximum atomic E-state index is 10.5. The van der Waals surface area contributed by atoms with Gasteiger partial charge in [0.05, 0.1) is 18.2 Å². The molecule has 176 valence electrons. The lowest BCUT2D eigenvalue weighted by Gasteiger charge is -2.49. The summed E-state index contributed by atoms with van der Waals surface area (Å²) in [4.78, 5) is 2.42. The van der Waals surface area contributed by atoms with Gasteiger partial charge in [0.25, 0.3) is 0 Å². The van der Waals surface area contributed by atoms with Crippen LogP contribution in [0.4, 0.5) is 0 Å². The Morgan fingerprint density at radius 3 is 2.06 bits per heavy atom. The van der Waals surface area contributed by atoms with Gasteiger partial charge in [0.1, 0.15) is 23.0 Å². The molecule has 1 heterocycles. The number of ether oxygens (including phenoxy) is 2. The topological polar surface area (TPSA) is 45.5 Å². The van der Waals surface area contributed by atoms with Crippen molar-refractivity contribution in [2.24, 2.45) is 0 Å². The summed E-state index contributed by atoms with van der Waals surface area (Å²) in [5.74, 6) is 1.38. The van der Waals surface area contributed by atoms with Gasteiger partial charge < -0.3 is 9.47 Å². The van der Waals surface area contributed by atoms with Crippen LogP contribution in [0, 0.1) is 11.3 Å². The Morgan fingerprint density at radius 2 is 1.53 bits per heavy atom. The average molecular weight is 475 g/mol. The van der Waals surface area contributed by atoms with Crippen LogP contribution >= 0.6 is 11.6 Å². The number of nitriles is 1. The van der Waals surface area contributed by atoms with Crippen molar-refractivity contribution in [2.45, 2.75) is 43.7 Å². The third kappa shape index (κ3) is 4.92. The highest BCUT2D eigenvalue weighted by atomic mass is 35.5. The van der Waals surface area contributed by atoms with Gasteiger partial charge in [-0.2, -0.15) is 5.26 Å². The molecule has 5 heteroatoms. The molecule has 0 saturated carbocycles. The summed E-state index contributed by atoms with van der Waals surface area (Å²) in [5.41, 5.74) is 1.31. The second-order valence-electron chi connectivity index (χ2n) is 9.50. The van der Waals surface area contributed by atoms with E-state index in [2.05, 4.69) is 49.1 Å². The van der Waals surface area contributed by atoms with Gasteiger partial charge in [-0.1, -0.05) is 72.3 Å². The molecule has 0 N–H and O–H groups in total. The van der Waals surface area contributed by atoms with E-state index in [1.807, 2.05) is 48.5 Å². The molecule has 0 spiro atoms. The molecule has 4 nitrogen and oxygen atoms in total. The number of methoxy groups -OCH3 is 1. The molecule has 0 unspecified atom stereocenters. The Bertz CT molecular complexity index is 1100. The van der Waals surface area contributed by atoms with Crippen molar-refractivity contribution in [1.29, 1.82) is 5.26 Å². The lowest BCUT2D eigenvalue weighted by atomic mass is 9.70. The van der Waals surface area contributed by atoms with Crippen LogP contribution in [0.25, 0.3) is 0 Å². The fourth-order valence-corrected chi connectivity index (χ4v) is 4.79. The minimum atomic E-state index is -0.686. The van der Waals surface area contributed by atoms with Gasteiger partial charge >= 0.3 is 0 Å². The Hall–Kier alpha value is -3.00. The van der Waals surface area contributed by atoms with E-state index >= 15 is 0 Å². The first-order chi connectivity index (χ1) is 16.4. The smallest absolute Gasteiger partial charge is 0.142 e. The van der Waals surface area contributed by atoms with Gasteiger partial charge in [0.15, 0.2) is 0 Å².